The molecule has 0 bridgehead atoms. The van der Waals surface area contributed by atoms with Gasteiger partial charge in [0, 0.05) is 19.5 Å². The zero-order chi connectivity index (χ0) is 15.8. The van der Waals surface area contributed by atoms with Crippen molar-refractivity contribution < 1.29 is 14.7 Å². The Kier molecular flexibility index (Phi) is 6.92. The molecule has 21 heavy (non-hydrogen) atoms. The van der Waals surface area contributed by atoms with Gasteiger partial charge in [0.1, 0.15) is 0 Å². The van der Waals surface area contributed by atoms with Crippen molar-refractivity contribution in [2.24, 2.45) is 0 Å². The van der Waals surface area contributed by atoms with Crippen LogP contribution in [0.5, 0.6) is 0 Å². The zero-order valence-corrected chi connectivity index (χ0v) is 13.1. The van der Waals surface area contributed by atoms with E-state index in [9.17, 15) is 14.7 Å². The Hall–Kier alpha value is -1.84. The highest BCUT2D eigenvalue weighted by atomic mass is 16.4. The number of rotatable bonds is 8. The molecule has 1 rings (SSSR count). The fourth-order valence-corrected chi connectivity index (χ4v) is 2.51. The summed E-state index contributed by atoms with van der Waals surface area (Å²) in [6, 6.07) is 7.37. The number of amides is 1. The topological polar surface area (TPSA) is 57.6 Å². The maximum atomic E-state index is 12.4. The molecule has 1 N–H and O–H groups in total. The van der Waals surface area contributed by atoms with E-state index in [1.165, 1.54) is 0 Å². The van der Waals surface area contributed by atoms with E-state index in [0.717, 1.165) is 24.0 Å². The van der Waals surface area contributed by atoms with Gasteiger partial charge in [-0.05, 0) is 30.9 Å². The second-order valence-corrected chi connectivity index (χ2v) is 5.33. The number of aliphatic carboxylic acids is 1. The first-order valence-electron chi connectivity index (χ1n) is 7.57. The average molecular weight is 291 g/mol. The largest absolute Gasteiger partial charge is 0.481 e. The Bertz CT molecular complexity index is 479. The number of aryl methyl sites for hydroxylation is 1. The van der Waals surface area contributed by atoms with Crippen molar-refractivity contribution in [1.29, 1.82) is 0 Å². The molecule has 1 amide bonds. The predicted octanol–water partition coefficient (Wildman–Crippen LogP) is 3.20. The normalized spacial score (nSPS) is 12.0. The highest BCUT2D eigenvalue weighted by Gasteiger charge is 2.26. The summed E-state index contributed by atoms with van der Waals surface area (Å²) in [7, 11) is 0. The second-order valence-electron chi connectivity index (χ2n) is 5.33. The Morgan fingerprint density at radius 1 is 1.14 bits per heavy atom. The number of hydrogen-bond donors (Lipinski definition) is 1. The number of carboxylic acid groups (broad SMARTS) is 1. The van der Waals surface area contributed by atoms with Crippen LogP contribution in [-0.4, -0.2) is 35.0 Å². The molecule has 0 fully saturated rings. The third-order valence-corrected chi connectivity index (χ3v) is 3.58. The minimum Gasteiger partial charge on any atom is -0.481 e. The lowest BCUT2D eigenvalue weighted by Gasteiger charge is -2.24. The van der Waals surface area contributed by atoms with Crippen molar-refractivity contribution in [3.05, 3.63) is 35.4 Å². The number of nitrogens with zero attached hydrogens (tertiary/aromatic N) is 1. The summed E-state index contributed by atoms with van der Waals surface area (Å²) in [5.74, 6) is -1.78. The third kappa shape index (κ3) is 4.88. The van der Waals surface area contributed by atoms with Crippen molar-refractivity contribution in [3.63, 3.8) is 0 Å². The molecule has 116 valence electrons. The number of carbonyl (C=O) groups is 2. The fourth-order valence-electron chi connectivity index (χ4n) is 2.51. The van der Waals surface area contributed by atoms with Crippen LogP contribution in [0.15, 0.2) is 24.3 Å². The molecule has 0 aliphatic carbocycles. The molecule has 0 saturated heterocycles. The zero-order valence-electron chi connectivity index (χ0n) is 13.1. The lowest BCUT2D eigenvalue weighted by molar-refractivity contribution is -0.142. The van der Waals surface area contributed by atoms with E-state index in [2.05, 4.69) is 0 Å². The van der Waals surface area contributed by atoms with Crippen molar-refractivity contribution in [1.82, 2.24) is 4.90 Å². The van der Waals surface area contributed by atoms with E-state index < -0.39 is 11.9 Å². The molecular formula is C17H25NO3. The van der Waals surface area contributed by atoms with Crippen molar-refractivity contribution >= 4 is 11.9 Å². The van der Waals surface area contributed by atoms with E-state index in [1.807, 2.05) is 39.0 Å². The van der Waals surface area contributed by atoms with E-state index in [4.69, 9.17) is 0 Å². The molecule has 1 aromatic carbocycles. The fraction of sp³-hybridized carbons (Fsp3) is 0.529. The summed E-state index contributed by atoms with van der Waals surface area (Å²) in [6.07, 6.45) is 1.79. The van der Waals surface area contributed by atoms with Gasteiger partial charge in [0.05, 0.1) is 5.92 Å². The van der Waals surface area contributed by atoms with Crippen LogP contribution in [0.2, 0.25) is 0 Å². The third-order valence-electron chi connectivity index (χ3n) is 3.58. The Morgan fingerprint density at radius 3 is 2.19 bits per heavy atom. The Labute approximate surface area is 126 Å². The van der Waals surface area contributed by atoms with E-state index in [1.54, 1.807) is 11.0 Å². The maximum absolute atomic E-state index is 12.4. The van der Waals surface area contributed by atoms with Gasteiger partial charge in [-0.15, -0.1) is 0 Å². The molecule has 1 unspecified atom stereocenters. The van der Waals surface area contributed by atoms with Gasteiger partial charge in [-0.1, -0.05) is 38.1 Å². The lowest BCUT2D eigenvalue weighted by Crippen LogP contribution is -2.34. The molecule has 4 heteroatoms. The van der Waals surface area contributed by atoms with Crippen LogP contribution < -0.4 is 0 Å². The summed E-state index contributed by atoms with van der Waals surface area (Å²) in [6.45, 7) is 7.29. The van der Waals surface area contributed by atoms with Crippen LogP contribution in [0.1, 0.15) is 50.2 Å². The van der Waals surface area contributed by atoms with Crippen LogP contribution >= 0.6 is 0 Å². The van der Waals surface area contributed by atoms with E-state index >= 15 is 0 Å². The minimum atomic E-state index is -0.939. The quantitative estimate of drug-likeness (QED) is 0.800. The van der Waals surface area contributed by atoms with Gasteiger partial charge < -0.3 is 10.0 Å². The lowest BCUT2D eigenvalue weighted by atomic mass is 9.91. The van der Waals surface area contributed by atoms with Crippen molar-refractivity contribution in [2.75, 3.05) is 13.1 Å². The number of carboxylic acids is 1. The molecule has 0 heterocycles. The summed E-state index contributed by atoms with van der Waals surface area (Å²) >= 11 is 0. The summed E-state index contributed by atoms with van der Waals surface area (Å²) in [5, 5.41) is 9.47. The van der Waals surface area contributed by atoms with Gasteiger partial charge >= 0.3 is 5.97 Å². The van der Waals surface area contributed by atoms with Gasteiger partial charge in [-0.2, -0.15) is 0 Å². The van der Waals surface area contributed by atoms with Gasteiger partial charge in [-0.3, -0.25) is 9.59 Å². The van der Waals surface area contributed by atoms with Gasteiger partial charge in [0.25, 0.3) is 0 Å². The first-order chi connectivity index (χ1) is 10.0. The molecular weight excluding hydrogens is 266 g/mol. The second kappa shape index (κ2) is 8.45. The Balaban J connectivity index is 2.91. The summed E-state index contributed by atoms with van der Waals surface area (Å²) in [5.41, 5.74) is 1.64. The SMILES string of the molecule is CCCN(CCC)C(=O)CC(C(=O)O)c1ccccc1C. The minimum absolute atomic E-state index is 0.0280. The molecule has 1 atom stereocenters. The number of benzene rings is 1. The predicted molar refractivity (Wildman–Crippen MR) is 83.3 cm³/mol. The molecule has 4 nitrogen and oxygen atoms in total. The van der Waals surface area contributed by atoms with Crippen LogP contribution in [-0.2, 0) is 9.59 Å². The standard InChI is InChI=1S/C17H25NO3/c1-4-10-18(11-5-2)16(19)12-15(17(20)21)14-9-7-6-8-13(14)3/h6-9,15H,4-5,10-12H2,1-3H3,(H,20,21). The number of hydrogen-bond acceptors (Lipinski definition) is 2. The molecule has 0 spiro atoms. The van der Waals surface area contributed by atoms with Crippen LogP contribution in [0.3, 0.4) is 0 Å². The summed E-state index contributed by atoms with van der Waals surface area (Å²) < 4.78 is 0. The van der Waals surface area contributed by atoms with Gasteiger partial charge in [0.2, 0.25) is 5.91 Å². The Morgan fingerprint density at radius 2 is 1.71 bits per heavy atom. The van der Waals surface area contributed by atoms with Gasteiger partial charge in [-0.25, -0.2) is 0 Å². The van der Waals surface area contributed by atoms with Crippen LogP contribution in [0, 0.1) is 6.92 Å². The number of carbonyl (C=O) groups excluding carboxylic acids is 1. The molecule has 0 aliphatic rings. The average Bonchev–Trinajstić information content (AvgIpc) is 2.45. The van der Waals surface area contributed by atoms with Crippen LogP contribution in [0.25, 0.3) is 0 Å². The van der Waals surface area contributed by atoms with Gasteiger partial charge in [0.15, 0.2) is 0 Å². The molecule has 1 aromatic rings. The first kappa shape index (κ1) is 17.2. The molecule has 0 aliphatic heterocycles. The maximum Gasteiger partial charge on any atom is 0.311 e. The monoisotopic (exact) mass is 291 g/mol. The highest BCUT2D eigenvalue weighted by molar-refractivity contribution is 5.86. The van der Waals surface area contributed by atoms with Crippen molar-refractivity contribution in [2.45, 2.75) is 46.0 Å². The highest BCUT2D eigenvalue weighted by Crippen LogP contribution is 2.24. The smallest absolute Gasteiger partial charge is 0.311 e. The molecule has 0 aromatic heterocycles. The molecule has 0 radical (unpaired) electrons. The van der Waals surface area contributed by atoms with E-state index in [-0.39, 0.29) is 12.3 Å². The molecule has 0 saturated carbocycles. The van der Waals surface area contributed by atoms with Crippen LogP contribution in [0.4, 0.5) is 0 Å². The van der Waals surface area contributed by atoms with Crippen molar-refractivity contribution in [3.8, 4) is 0 Å². The first-order valence-corrected chi connectivity index (χ1v) is 7.57. The van der Waals surface area contributed by atoms with E-state index in [0.29, 0.717) is 13.1 Å². The summed E-state index contributed by atoms with van der Waals surface area (Å²) in [4.78, 5) is 25.7.